The molecule has 1 N–H and O–H groups in total. The zero-order chi connectivity index (χ0) is 20.8. The van der Waals surface area contributed by atoms with E-state index in [4.69, 9.17) is 35.3 Å². The molecule has 0 aromatic heterocycles. The molecule has 0 bridgehead atoms. The number of carbonyl (C=O) groups is 4. The van der Waals surface area contributed by atoms with Crippen molar-refractivity contribution in [2.24, 2.45) is 0 Å². The quantitative estimate of drug-likeness (QED) is 0.348. The molecule has 1 heterocycles. The Bertz CT molecular complexity index is 580. The first kappa shape index (κ1) is 23.1. The molecule has 1 saturated heterocycles. The Labute approximate surface area is 161 Å². The maximum absolute atomic E-state index is 11.7. The standard InChI is InChI=1S/C16H23ClO10/c1-8(18)23-7-12-13(24-9(2)19)14(25-10(3)20)16(5-6-17,15(22)26-12)27-11(4)21/h12-15,22H,5-7H2,1-4H3/t12-,13-,14+,15+,16+/m1/s1. The first-order valence-corrected chi connectivity index (χ1v) is 8.63. The van der Waals surface area contributed by atoms with E-state index >= 15 is 0 Å². The van der Waals surface area contributed by atoms with E-state index in [0.717, 1.165) is 27.7 Å². The lowest BCUT2D eigenvalue weighted by molar-refractivity contribution is -0.334. The Morgan fingerprint density at radius 1 is 1.00 bits per heavy atom. The highest BCUT2D eigenvalue weighted by molar-refractivity contribution is 6.17. The average Bonchev–Trinajstić information content (AvgIpc) is 2.51. The molecule has 0 unspecified atom stereocenters. The van der Waals surface area contributed by atoms with Crippen LogP contribution in [0, 0.1) is 0 Å². The van der Waals surface area contributed by atoms with Gasteiger partial charge >= 0.3 is 23.9 Å². The van der Waals surface area contributed by atoms with Gasteiger partial charge in [-0.1, -0.05) is 0 Å². The molecule has 5 atom stereocenters. The van der Waals surface area contributed by atoms with Crippen LogP contribution in [0.25, 0.3) is 0 Å². The van der Waals surface area contributed by atoms with Crippen molar-refractivity contribution in [1.29, 1.82) is 0 Å². The zero-order valence-electron chi connectivity index (χ0n) is 15.4. The predicted octanol–water partition coefficient (Wildman–Crippen LogP) is 0.0609. The average molecular weight is 411 g/mol. The molecular weight excluding hydrogens is 388 g/mol. The number of aliphatic hydroxyl groups is 1. The van der Waals surface area contributed by atoms with Crippen LogP contribution in [0.4, 0.5) is 0 Å². The highest BCUT2D eigenvalue weighted by atomic mass is 35.5. The molecule has 0 amide bonds. The monoisotopic (exact) mass is 410 g/mol. The number of aliphatic hydroxyl groups excluding tert-OH is 1. The highest BCUT2D eigenvalue weighted by Gasteiger charge is 2.61. The number of halogens is 1. The Morgan fingerprint density at radius 2 is 1.59 bits per heavy atom. The summed E-state index contributed by atoms with van der Waals surface area (Å²) in [5.41, 5.74) is -1.92. The van der Waals surface area contributed by atoms with Crippen molar-refractivity contribution in [2.75, 3.05) is 12.5 Å². The number of hydrogen-bond acceptors (Lipinski definition) is 10. The molecule has 27 heavy (non-hydrogen) atoms. The van der Waals surface area contributed by atoms with Gasteiger partial charge in [-0.05, 0) is 0 Å². The van der Waals surface area contributed by atoms with E-state index in [0.29, 0.717) is 0 Å². The second kappa shape index (κ2) is 9.86. The van der Waals surface area contributed by atoms with Gasteiger partial charge in [0.15, 0.2) is 18.5 Å². The number of ether oxygens (including phenoxy) is 5. The first-order chi connectivity index (χ1) is 12.5. The van der Waals surface area contributed by atoms with E-state index < -0.39 is 60.7 Å². The maximum Gasteiger partial charge on any atom is 0.303 e. The summed E-state index contributed by atoms with van der Waals surface area (Å²) in [4.78, 5) is 46.0. The number of carbonyl (C=O) groups excluding carboxylic acids is 4. The van der Waals surface area contributed by atoms with Crippen LogP contribution in [0.3, 0.4) is 0 Å². The van der Waals surface area contributed by atoms with Gasteiger partial charge in [0.25, 0.3) is 0 Å². The fourth-order valence-corrected chi connectivity index (χ4v) is 3.12. The largest absolute Gasteiger partial charge is 0.463 e. The molecule has 11 heteroatoms. The lowest BCUT2D eigenvalue weighted by Crippen LogP contribution is -2.70. The second-order valence-electron chi connectivity index (χ2n) is 5.92. The minimum Gasteiger partial charge on any atom is -0.463 e. The molecule has 0 aromatic rings. The van der Waals surface area contributed by atoms with E-state index in [1.165, 1.54) is 0 Å². The molecule has 0 radical (unpaired) electrons. The van der Waals surface area contributed by atoms with E-state index in [1.807, 2.05) is 0 Å². The van der Waals surface area contributed by atoms with Gasteiger partial charge in [-0.2, -0.15) is 0 Å². The summed E-state index contributed by atoms with van der Waals surface area (Å²) in [5.74, 6) is -3.10. The van der Waals surface area contributed by atoms with Crippen molar-refractivity contribution in [3.8, 4) is 0 Å². The maximum atomic E-state index is 11.7. The van der Waals surface area contributed by atoms with Gasteiger partial charge in [0, 0.05) is 40.0 Å². The smallest absolute Gasteiger partial charge is 0.303 e. The van der Waals surface area contributed by atoms with Crippen LogP contribution in [0.5, 0.6) is 0 Å². The number of rotatable bonds is 7. The van der Waals surface area contributed by atoms with Crippen LogP contribution in [-0.2, 0) is 42.9 Å². The topological polar surface area (TPSA) is 135 Å². The summed E-state index contributed by atoms with van der Waals surface area (Å²) in [6, 6.07) is 0. The normalized spacial score (nSPS) is 30.1. The van der Waals surface area contributed by atoms with Crippen LogP contribution < -0.4 is 0 Å². The second-order valence-corrected chi connectivity index (χ2v) is 6.30. The molecular formula is C16H23ClO10. The Morgan fingerprint density at radius 3 is 2.04 bits per heavy atom. The first-order valence-electron chi connectivity index (χ1n) is 8.10. The minimum atomic E-state index is -1.92. The molecule has 1 fully saturated rings. The van der Waals surface area contributed by atoms with Gasteiger partial charge in [-0.15, -0.1) is 11.6 Å². The molecule has 154 valence electrons. The molecule has 1 aliphatic heterocycles. The highest BCUT2D eigenvalue weighted by Crippen LogP contribution is 2.39. The number of hydrogen-bond donors (Lipinski definition) is 1. The van der Waals surface area contributed by atoms with Crippen LogP contribution in [0.1, 0.15) is 34.1 Å². The Kier molecular flexibility index (Phi) is 8.45. The fourth-order valence-electron chi connectivity index (χ4n) is 2.82. The van der Waals surface area contributed by atoms with Crippen molar-refractivity contribution >= 4 is 35.5 Å². The predicted molar refractivity (Wildman–Crippen MR) is 88.5 cm³/mol. The third-order valence-electron chi connectivity index (χ3n) is 3.73. The Balaban J connectivity index is 3.40. The molecule has 1 aliphatic rings. The van der Waals surface area contributed by atoms with Crippen LogP contribution >= 0.6 is 11.6 Å². The molecule has 10 nitrogen and oxygen atoms in total. The minimum absolute atomic E-state index is 0.104. The molecule has 0 aromatic carbocycles. The summed E-state index contributed by atoms with van der Waals surface area (Å²) >= 11 is 5.79. The zero-order valence-corrected chi connectivity index (χ0v) is 16.2. The Hall–Kier alpha value is -1.91. The third kappa shape index (κ3) is 6.05. The molecule has 0 spiro atoms. The molecule has 0 aliphatic carbocycles. The number of esters is 4. The van der Waals surface area contributed by atoms with Crippen LogP contribution in [0.15, 0.2) is 0 Å². The summed E-state index contributed by atoms with van der Waals surface area (Å²) in [6.45, 7) is 4.03. The lowest BCUT2D eigenvalue weighted by Gasteiger charge is -2.50. The van der Waals surface area contributed by atoms with Gasteiger partial charge in [0.1, 0.15) is 12.7 Å². The van der Waals surface area contributed by atoms with Gasteiger partial charge in [-0.25, -0.2) is 0 Å². The third-order valence-corrected chi connectivity index (χ3v) is 3.92. The number of alkyl halides is 1. The summed E-state index contributed by atoms with van der Waals surface area (Å²) in [7, 11) is 0. The van der Waals surface area contributed by atoms with E-state index in [1.54, 1.807) is 0 Å². The van der Waals surface area contributed by atoms with Crippen LogP contribution in [-0.4, -0.2) is 71.7 Å². The fraction of sp³-hybridized carbons (Fsp3) is 0.750. The van der Waals surface area contributed by atoms with Gasteiger partial charge < -0.3 is 28.8 Å². The van der Waals surface area contributed by atoms with Crippen molar-refractivity contribution in [2.45, 2.75) is 64.3 Å². The van der Waals surface area contributed by atoms with Gasteiger partial charge in [-0.3, -0.25) is 19.2 Å². The molecule has 0 saturated carbocycles. The van der Waals surface area contributed by atoms with Gasteiger partial charge in [0.05, 0.1) is 0 Å². The van der Waals surface area contributed by atoms with E-state index in [2.05, 4.69) is 0 Å². The van der Waals surface area contributed by atoms with E-state index in [-0.39, 0.29) is 12.3 Å². The molecule has 1 rings (SSSR count). The van der Waals surface area contributed by atoms with Crippen molar-refractivity contribution < 1.29 is 48.0 Å². The van der Waals surface area contributed by atoms with Crippen molar-refractivity contribution in [1.82, 2.24) is 0 Å². The van der Waals surface area contributed by atoms with Crippen LogP contribution in [0.2, 0.25) is 0 Å². The van der Waals surface area contributed by atoms with Crippen molar-refractivity contribution in [3.05, 3.63) is 0 Å². The van der Waals surface area contributed by atoms with Gasteiger partial charge in [0.2, 0.25) is 5.60 Å². The summed E-state index contributed by atoms with van der Waals surface area (Å²) < 4.78 is 26.0. The van der Waals surface area contributed by atoms with E-state index in [9.17, 15) is 24.3 Å². The van der Waals surface area contributed by atoms with Crippen molar-refractivity contribution in [3.63, 3.8) is 0 Å². The SMILES string of the molecule is CC(=O)OC[C@H]1O[C@H](O)[C@@](CCCl)(OC(C)=O)[C@@H](OC(C)=O)[C@@H]1OC(C)=O. The lowest BCUT2D eigenvalue weighted by atomic mass is 9.83. The summed E-state index contributed by atoms with van der Waals surface area (Å²) in [5, 5.41) is 10.5. The summed E-state index contributed by atoms with van der Waals surface area (Å²) in [6.07, 6.45) is -5.94.